The molecule has 0 rings (SSSR count). The van der Waals surface area contributed by atoms with Crippen LogP contribution in [0.5, 0.6) is 0 Å². The minimum absolute atomic E-state index is 0.0861. The van der Waals surface area contributed by atoms with E-state index in [1.807, 2.05) is 20.8 Å². The van der Waals surface area contributed by atoms with Crippen LogP contribution in [0.1, 0.15) is 94.4 Å². The summed E-state index contributed by atoms with van der Waals surface area (Å²) in [6.07, 6.45) is 4.29. The summed E-state index contributed by atoms with van der Waals surface area (Å²) in [5, 5.41) is 19.0. The van der Waals surface area contributed by atoms with Crippen LogP contribution in [0.4, 0.5) is 0 Å². The highest BCUT2D eigenvalue weighted by atomic mass is 32.2. The second-order valence-corrected chi connectivity index (χ2v) is 10.8. The van der Waals surface area contributed by atoms with Crippen LogP contribution in [0.3, 0.4) is 0 Å². The fourth-order valence-electron chi connectivity index (χ4n) is 3.55. The number of hydrogen-bond acceptors (Lipinski definition) is 7. The van der Waals surface area contributed by atoms with Crippen molar-refractivity contribution in [1.82, 2.24) is 0 Å². The molecule has 0 fully saturated rings. The van der Waals surface area contributed by atoms with Crippen molar-refractivity contribution >= 4 is 12.0 Å². The van der Waals surface area contributed by atoms with Crippen molar-refractivity contribution in [2.24, 2.45) is 0 Å². The zero-order valence-electron chi connectivity index (χ0n) is 22.0. The lowest BCUT2D eigenvalue weighted by Crippen LogP contribution is -2.39. The van der Waals surface area contributed by atoms with Crippen molar-refractivity contribution in [2.75, 3.05) is 19.0 Å². The van der Waals surface area contributed by atoms with Gasteiger partial charge in [0.05, 0.1) is 49.0 Å². The molecule has 0 spiro atoms. The van der Waals surface area contributed by atoms with Crippen LogP contribution in [-0.2, 0) is 18.4 Å². The van der Waals surface area contributed by atoms with Gasteiger partial charge in [0.25, 0.3) is 0 Å². The van der Waals surface area contributed by atoms with Crippen LogP contribution in [0, 0.1) is 0 Å². The summed E-state index contributed by atoms with van der Waals surface area (Å²) in [4.78, 5) is 0. The van der Waals surface area contributed by atoms with Gasteiger partial charge in [-0.25, -0.2) is 0 Å². The fourth-order valence-corrected chi connectivity index (χ4v) is 4.11. The molecule has 5 unspecified atom stereocenters. The van der Waals surface area contributed by atoms with Gasteiger partial charge in [0.2, 0.25) is 0 Å². The Morgan fingerprint density at radius 3 is 2.19 bits per heavy atom. The molecule has 0 radical (unpaired) electrons. The molecule has 0 aliphatic heterocycles. The largest absolute Gasteiger partial charge is 0.516 e. The highest BCUT2D eigenvalue weighted by Crippen LogP contribution is 2.26. The molecule has 7 heteroatoms. The Hall–Kier alpha value is -0.310. The van der Waals surface area contributed by atoms with Gasteiger partial charge in [0.15, 0.2) is 0 Å². The maximum absolute atomic E-state index is 9.72. The van der Waals surface area contributed by atoms with E-state index in [0.717, 1.165) is 36.9 Å². The monoisotopic (exact) mass is 478 g/mol. The van der Waals surface area contributed by atoms with E-state index in [1.165, 1.54) is 12.0 Å². The molecule has 0 amide bonds. The third-order valence-electron chi connectivity index (χ3n) is 5.30. The smallest absolute Gasteiger partial charge is 0.104 e. The average molecular weight is 479 g/mol. The van der Waals surface area contributed by atoms with E-state index in [9.17, 15) is 10.2 Å². The van der Waals surface area contributed by atoms with Crippen LogP contribution in [0.2, 0.25) is 0 Å². The Labute approximate surface area is 201 Å². The molecule has 0 aliphatic carbocycles. The predicted octanol–water partition coefficient (Wildman–Crippen LogP) is 6.22. The Kier molecular flexibility index (Phi) is 16.2. The number of rotatable bonds is 19. The molecule has 6 nitrogen and oxygen atoms in total. The minimum atomic E-state index is -0.430. The minimum Gasteiger partial charge on any atom is -0.516 e. The van der Waals surface area contributed by atoms with E-state index in [0.29, 0.717) is 26.1 Å². The van der Waals surface area contributed by atoms with Crippen molar-refractivity contribution in [3.05, 3.63) is 11.8 Å². The summed E-state index contributed by atoms with van der Waals surface area (Å²) in [6.45, 7) is 18.9. The summed E-state index contributed by atoms with van der Waals surface area (Å²) in [5.74, 6) is 0.987. The molecule has 0 aromatic carbocycles. The van der Waals surface area contributed by atoms with Gasteiger partial charge >= 0.3 is 0 Å². The van der Waals surface area contributed by atoms with Crippen LogP contribution in [0.15, 0.2) is 11.8 Å². The van der Waals surface area contributed by atoms with Gasteiger partial charge in [0, 0.05) is 18.6 Å². The summed E-state index contributed by atoms with van der Waals surface area (Å²) in [6, 6.07) is 0. The average Bonchev–Trinajstić information content (AvgIpc) is 2.69. The van der Waals surface area contributed by atoms with Crippen molar-refractivity contribution < 1.29 is 28.6 Å². The van der Waals surface area contributed by atoms with Crippen molar-refractivity contribution in [3.8, 4) is 0 Å². The first kappa shape index (κ1) is 31.7. The third kappa shape index (κ3) is 15.5. The second-order valence-electron chi connectivity index (χ2n) is 9.92. The Morgan fingerprint density at radius 2 is 1.66 bits per heavy atom. The van der Waals surface area contributed by atoms with Gasteiger partial charge in [0.1, 0.15) is 6.10 Å². The molecule has 0 heterocycles. The maximum atomic E-state index is 9.72. The summed E-state index contributed by atoms with van der Waals surface area (Å²) in [5.41, 5.74) is 0.111. The number of hydrogen-bond donors (Lipinski definition) is 2. The standard InChI is InChI=1S/C25H50O6S/c1-10-12-32-31-22(6)15-24(7,8)28-17-23(30-21(5)13-20(4)27)18-29-25(9,11-2)14-19(3)16-26/h16,20-23,26-27H,10-15,17-18H2,1-9H3/b19-16-. The molecule has 0 aromatic rings. The van der Waals surface area contributed by atoms with E-state index >= 15 is 0 Å². The zero-order chi connectivity index (χ0) is 24.8. The molecule has 0 bridgehead atoms. The second kappa shape index (κ2) is 16.3. The van der Waals surface area contributed by atoms with Crippen LogP contribution >= 0.6 is 12.0 Å². The molecule has 32 heavy (non-hydrogen) atoms. The lowest BCUT2D eigenvalue weighted by atomic mass is 9.94. The molecular formula is C25H50O6S. The summed E-state index contributed by atoms with van der Waals surface area (Å²) in [7, 11) is 0. The van der Waals surface area contributed by atoms with E-state index in [-0.39, 0.29) is 23.9 Å². The van der Waals surface area contributed by atoms with E-state index in [4.69, 9.17) is 18.4 Å². The number of aliphatic hydroxyl groups is 2. The Morgan fingerprint density at radius 1 is 1.03 bits per heavy atom. The Balaban J connectivity index is 5.01. The molecule has 0 saturated heterocycles. The first-order chi connectivity index (χ1) is 14.9. The maximum Gasteiger partial charge on any atom is 0.104 e. The SMILES string of the molecule is CCCSOC(C)CC(C)(C)OCC(COC(C)(CC)C/C(C)=C\O)OC(C)CC(C)O. The quantitative estimate of drug-likeness (QED) is 0.130. The molecule has 2 N–H and O–H groups in total. The predicted molar refractivity (Wildman–Crippen MR) is 134 cm³/mol. The van der Waals surface area contributed by atoms with E-state index < -0.39 is 11.7 Å². The van der Waals surface area contributed by atoms with E-state index in [2.05, 4.69) is 34.6 Å². The summed E-state index contributed by atoms with van der Waals surface area (Å²) >= 11 is 1.51. The first-order valence-electron chi connectivity index (χ1n) is 12.1. The number of aliphatic hydroxyl groups excluding tert-OH is 2. The lowest BCUT2D eigenvalue weighted by molar-refractivity contribution is -0.151. The van der Waals surface area contributed by atoms with Gasteiger partial charge in [-0.1, -0.05) is 13.8 Å². The lowest BCUT2D eigenvalue weighted by Gasteiger charge is -2.34. The van der Waals surface area contributed by atoms with Gasteiger partial charge < -0.3 is 28.6 Å². The molecule has 0 aromatic heterocycles. The van der Waals surface area contributed by atoms with Gasteiger partial charge in [-0.15, -0.1) is 0 Å². The highest BCUT2D eigenvalue weighted by molar-refractivity contribution is 7.94. The topological polar surface area (TPSA) is 77.4 Å². The highest BCUT2D eigenvalue weighted by Gasteiger charge is 2.29. The fraction of sp³-hybridized carbons (Fsp3) is 0.920. The normalized spacial score (nSPS) is 18.8. The Bertz CT molecular complexity index is 511. The van der Waals surface area contributed by atoms with Crippen LogP contribution < -0.4 is 0 Å². The van der Waals surface area contributed by atoms with Gasteiger partial charge in [-0.2, -0.15) is 0 Å². The van der Waals surface area contributed by atoms with Gasteiger partial charge in [-0.05, 0) is 85.3 Å². The van der Waals surface area contributed by atoms with Crippen molar-refractivity contribution in [2.45, 2.75) is 130 Å². The van der Waals surface area contributed by atoms with Gasteiger partial charge in [-0.3, -0.25) is 0 Å². The third-order valence-corrected chi connectivity index (χ3v) is 6.33. The number of ether oxygens (including phenoxy) is 3. The first-order valence-corrected chi connectivity index (χ1v) is 13.0. The molecule has 192 valence electrons. The molecule has 0 aliphatic rings. The molecule has 5 atom stereocenters. The molecular weight excluding hydrogens is 428 g/mol. The zero-order valence-corrected chi connectivity index (χ0v) is 22.8. The van der Waals surface area contributed by atoms with Crippen LogP contribution in [-0.4, -0.2) is 64.8 Å². The van der Waals surface area contributed by atoms with Crippen molar-refractivity contribution in [1.29, 1.82) is 0 Å². The van der Waals surface area contributed by atoms with Crippen LogP contribution in [0.25, 0.3) is 0 Å². The molecule has 0 saturated carbocycles. The van der Waals surface area contributed by atoms with E-state index in [1.54, 1.807) is 6.92 Å². The summed E-state index contributed by atoms with van der Waals surface area (Å²) < 4.78 is 24.6. The van der Waals surface area contributed by atoms with Crippen molar-refractivity contribution in [3.63, 3.8) is 0 Å².